The van der Waals surface area contributed by atoms with Crippen LogP contribution in [0.4, 0.5) is 4.79 Å². The molecular formula is C19H23N5O4S. The van der Waals surface area contributed by atoms with E-state index in [9.17, 15) is 14.4 Å². The first-order valence-electron chi connectivity index (χ1n) is 9.81. The van der Waals surface area contributed by atoms with Crippen molar-refractivity contribution in [2.75, 3.05) is 32.7 Å². The van der Waals surface area contributed by atoms with Gasteiger partial charge in [0.15, 0.2) is 0 Å². The van der Waals surface area contributed by atoms with Gasteiger partial charge in [-0.25, -0.2) is 4.79 Å². The Morgan fingerprint density at radius 2 is 2.14 bits per heavy atom. The Hall–Kier alpha value is -2.75. The minimum atomic E-state index is -0.734. The highest BCUT2D eigenvalue weighted by Gasteiger charge is 2.38. The van der Waals surface area contributed by atoms with Crippen LogP contribution >= 0.6 is 11.3 Å². The van der Waals surface area contributed by atoms with Gasteiger partial charge in [0.05, 0.1) is 0 Å². The molecule has 154 valence electrons. The number of rotatable bonds is 4. The Bertz CT molecular complexity index is 896. The lowest BCUT2D eigenvalue weighted by Crippen LogP contribution is -2.59. The Kier molecular flexibility index (Phi) is 5.61. The minimum Gasteiger partial charge on any atom is -0.339 e. The van der Waals surface area contributed by atoms with E-state index in [4.69, 9.17) is 4.52 Å². The van der Waals surface area contributed by atoms with Gasteiger partial charge in [-0.05, 0) is 37.1 Å². The van der Waals surface area contributed by atoms with Crippen molar-refractivity contribution >= 4 is 29.2 Å². The Labute approximate surface area is 172 Å². The second kappa shape index (κ2) is 8.32. The number of imide groups is 1. The first-order chi connectivity index (χ1) is 14.1. The van der Waals surface area contributed by atoms with Crippen LogP contribution in [0.15, 0.2) is 21.3 Å². The van der Waals surface area contributed by atoms with Crippen molar-refractivity contribution in [1.82, 2.24) is 24.8 Å². The molecule has 10 heteroatoms. The number of hydrogen-bond acceptors (Lipinski definition) is 7. The van der Waals surface area contributed by atoms with Crippen molar-refractivity contribution in [2.24, 2.45) is 5.92 Å². The third-order valence-electron chi connectivity index (χ3n) is 5.42. The molecule has 0 radical (unpaired) electrons. The molecule has 2 aliphatic heterocycles. The van der Waals surface area contributed by atoms with Gasteiger partial charge in [0, 0.05) is 50.1 Å². The molecule has 2 saturated heterocycles. The molecule has 0 bridgehead atoms. The van der Waals surface area contributed by atoms with Crippen LogP contribution in [0, 0.1) is 5.92 Å². The molecule has 0 spiro atoms. The number of piperidine rings is 1. The van der Waals surface area contributed by atoms with E-state index in [0.29, 0.717) is 44.3 Å². The van der Waals surface area contributed by atoms with E-state index < -0.39 is 11.8 Å². The number of aromatic nitrogens is 2. The van der Waals surface area contributed by atoms with Crippen LogP contribution < -0.4 is 0 Å². The largest absolute Gasteiger partial charge is 0.339 e. The molecule has 2 aliphatic rings. The highest BCUT2D eigenvalue weighted by molar-refractivity contribution is 7.08. The quantitative estimate of drug-likeness (QED) is 0.704. The van der Waals surface area contributed by atoms with Gasteiger partial charge in [0.25, 0.3) is 0 Å². The van der Waals surface area contributed by atoms with Crippen molar-refractivity contribution < 1.29 is 18.9 Å². The number of carbonyl (C=O) groups excluding carboxylic acids is 3. The van der Waals surface area contributed by atoms with Crippen LogP contribution in [-0.2, 0) is 16.0 Å². The maximum Gasteiger partial charge on any atom is 0.327 e. The SMILES string of the molecule is CCN1CCN(C(=O)N2CCC[C@H](Cc3nc(-c4ccsc4)no3)C2)C(=O)C1=O. The molecule has 0 N–H and O–H groups in total. The van der Waals surface area contributed by atoms with Gasteiger partial charge in [-0.3, -0.25) is 14.5 Å². The molecule has 4 amide bonds. The van der Waals surface area contributed by atoms with Crippen LogP contribution in [-0.4, -0.2) is 75.4 Å². The molecule has 4 rings (SSSR count). The van der Waals surface area contributed by atoms with Gasteiger partial charge in [-0.15, -0.1) is 0 Å². The maximum absolute atomic E-state index is 12.9. The van der Waals surface area contributed by atoms with E-state index in [-0.39, 0.29) is 18.5 Å². The topological polar surface area (TPSA) is 99.8 Å². The number of likely N-dealkylation sites (tertiary alicyclic amines) is 1. The van der Waals surface area contributed by atoms with Crippen molar-refractivity contribution in [1.29, 1.82) is 0 Å². The fourth-order valence-corrected chi connectivity index (χ4v) is 4.46. The third-order valence-corrected chi connectivity index (χ3v) is 6.10. The van der Waals surface area contributed by atoms with Crippen molar-refractivity contribution in [2.45, 2.75) is 26.2 Å². The lowest BCUT2D eigenvalue weighted by Gasteiger charge is -2.38. The zero-order valence-electron chi connectivity index (χ0n) is 16.2. The number of likely N-dealkylation sites (N-methyl/N-ethyl adjacent to an activating group) is 1. The molecule has 2 fully saturated rings. The first kappa shape index (κ1) is 19.6. The van der Waals surface area contributed by atoms with Gasteiger partial charge in [-0.1, -0.05) is 5.16 Å². The van der Waals surface area contributed by atoms with E-state index in [1.807, 2.05) is 23.8 Å². The molecule has 0 saturated carbocycles. The number of carbonyl (C=O) groups is 3. The van der Waals surface area contributed by atoms with Gasteiger partial charge >= 0.3 is 17.8 Å². The van der Waals surface area contributed by atoms with E-state index in [2.05, 4.69) is 10.1 Å². The zero-order chi connectivity index (χ0) is 20.4. The first-order valence-corrected chi connectivity index (χ1v) is 10.8. The van der Waals surface area contributed by atoms with E-state index in [0.717, 1.165) is 23.3 Å². The van der Waals surface area contributed by atoms with Crippen LogP contribution in [0.1, 0.15) is 25.7 Å². The molecule has 0 aliphatic carbocycles. The molecule has 29 heavy (non-hydrogen) atoms. The van der Waals surface area contributed by atoms with Crippen LogP contribution in [0.25, 0.3) is 11.4 Å². The highest BCUT2D eigenvalue weighted by Crippen LogP contribution is 2.24. The molecular weight excluding hydrogens is 394 g/mol. The van der Waals surface area contributed by atoms with E-state index in [1.54, 1.807) is 16.2 Å². The number of urea groups is 1. The second-order valence-electron chi connectivity index (χ2n) is 7.31. The van der Waals surface area contributed by atoms with Crippen LogP contribution in [0.2, 0.25) is 0 Å². The third kappa shape index (κ3) is 4.02. The number of amides is 4. The van der Waals surface area contributed by atoms with Gasteiger partial charge < -0.3 is 14.3 Å². The summed E-state index contributed by atoms with van der Waals surface area (Å²) in [6.45, 7) is 4.00. The summed E-state index contributed by atoms with van der Waals surface area (Å²) in [7, 11) is 0. The van der Waals surface area contributed by atoms with E-state index in [1.165, 1.54) is 4.90 Å². The highest BCUT2D eigenvalue weighted by atomic mass is 32.1. The maximum atomic E-state index is 12.9. The fraction of sp³-hybridized carbons (Fsp3) is 0.526. The van der Waals surface area contributed by atoms with Gasteiger partial charge in [0.1, 0.15) is 0 Å². The Morgan fingerprint density at radius 3 is 2.90 bits per heavy atom. The molecule has 4 heterocycles. The number of thiophene rings is 1. The Balaban J connectivity index is 1.38. The zero-order valence-corrected chi connectivity index (χ0v) is 17.1. The lowest BCUT2D eigenvalue weighted by molar-refractivity contribution is -0.154. The summed E-state index contributed by atoms with van der Waals surface area (Å²) in [6.07, 6.45) is 2.35. The predicted octanol–water partition coefficient (Wildman–Crippen LogP) is 1.86. The Morgan fingerprint density at radius 1 is 1.28 bits per heavy atom. The molecule has 9 nitrogen and oxygen atoms in total. The molecule has 0 unspecified atom stereocenters. The van der Waals surface area contributed by atoms with Crippen molar-refractivity contribution in [3.63, 3.8) is 0 Å². The average Bonchev–Trinajstić information content (AvgIpc) is 3.42. The fourth-order valence-electron chi connectivity index (χ4n) is 3.83. The van der Waals surface area contributed by atoms with Crippen molar-refractivity contribution in [3.05, 3.63) is 22.7 Å². The summed E-state index contributed by atoms with van der Waals surface area (Å²) in [5, 5.41) is 7.96. The monoisotopic (exact) mass is 417 g/mol. The van der Waals surface area contributed by atoms with E-state index >= 15 is 0 Å². The summed E-state index contributed by atoms with van der Waals surface area (Å²) in [5.74, 6) is -0.0440. The molecule has 1 atom stereocenters. The lowest BCUT2D eigenvalue weighted by atomic mass is 9.95. The summed E-state index contributed by atoms with van der Waals surface area (Å²) >= 11 is 1.57. The average molecular weight is 417 g/mol. The number of nitrogens with zero attached hydrogens (tertiary/aromatic N) is 5. The smallest absolute Gasteiger partial charge is 0.327 e. The predicted molar refractivity (Wildman–Crippen MR) is 105 cm³/mol. The van der Waals surface area contributed by atoms with Crippen LogP contribution in [0.5, 0.6) is 0 Å². The standard InChI is InChI=1S/C19H23N5O4S/c1-2-22-7-8-24(18(26)17(22)25)19(27)23-6-3-4-13(11-23)10-15-20-16(21-28-15)14-5-9-29-12-14/h5,9,12-13H,2-4,6-8,10-11H2,1H3/t13-/m1/s1. The summed E-state index contributed by atoms with van der Waals surface area (Å²) in [5.41, 5.74) is 0.930. The summed E-state index contributed by atoms with van der Waals surface area (Å²) in [6, 6.07) is 1.56. The van der Waals surface area contributed by atoms with Crippen LogP contribution in [0.3, 0.4) is 0 Å². The summed E-state index contributed by atoms with van der Waals surface area (Å²) in [4.78, 5) is 46.0. The van der Waals surface area contributed by atoms with Crippen molar-refractivity contribution in [3.8, 4) is 11.4 Å². The molecule has 0 aromatic carbocycles. The second-order valence-corrected chi connectivity index (χ2v) is 8.09. The number of piperazine rings is 1. The minimum absolute atomic E-state index is 0.172. The summed E-state index contributed by atoms with van der Waals surface area (Å²) < 4.78 is 5.38. The molecule has 2 aromatic rings. The number of hydrogen-bond donors (Lipinski definition) is 0. The molecule has 2 aromatic heterocycles. The van der Waals surface area contributed by atoms with Gasteiger partial charge in [-0.2, -0.15) is 16.3 Å². The van der Waals surface area contributed by atoms with Gasteiger partial charge in [0.2, 0.25) is 11.7 Å². The normalized spacial score (nSPS) is 20.4.